The van der Waals surface area contributed by atoms with Gasteiger partial charge in [-0.25, -0.2) is 4.79 Å². The number of hydrogen-bond acceptors (Lipinski definition) is 2. The Balaban J connectivity index is 2.44. The van der Waals surface area contributed by atoms with E-state index in [1.807, 2.05) is 11.8 Å². The molecule has 0 spiro atoms. The lowest BCUT2D eigenvalue weighted by Gasteiger charge is -2.26. The van der Waals surface area contributed by atoms with Crippen LogP contribution in [0.25, 0.3) is 0 Å². The summed E-state index contributed by atoms with van der Waals surface area (Å²) in [6, 6.07) is -0.251. The summed E-state index contributed by atoms with van der Waals surface area (Å²) in [7, 11) is 0. The molecule has 1 rings (SSSR count). The van der Waals surface area contributed by atoms with Gasteiger partial charge < -0.3 is 15.5 Å². The molecule has 0 aromatic rings. The van der Waals surface area contributed by atoms with Gasteiger partial charge in [0.05, 0.1) is 6.04 Å². The number of urea groups is 1. The maximum Gasteiger partial charge on any atom is 0.315 e. The van der Waals surface area contributed by atoms with Crippen LogP contribution in [-0.2, 0) is 4.79 Å². The summed E-state index contributed by atoms with van der Waals surface area (Å²) in [5.74, 6) is 0.127. The molecule has 1 saturated heterocycles. The number of carbonyl (C=O) groups is 2. The number of nitrogens with zero attached hydrogens (tertiary/aromatic N) is 1. The van der Waals surface area contributed by atoms with E-state index in [-0.39, 0.29) is 23.4 Å². The van der Waals surface area contributed by atoms with Crippen LogP contribution in [0.4, 0.5) is 4.79 Å². The fraction of sp³-hybridized carbons (Fsp3) is 0.833. The molecule has 1 aliphatic rings. The number of rotatable bonds is 3. The van der Waals surface area contributed by atoms with Gasteiger partial charge in [-0.2, -0.15) is 0 Å². The molecule has 0 radical (unpaired) electrons. The van der Waals surface area contributed by atoms with E-state index in [0.29, 0.717) is 19.5 Å². The Hall–Kier alpha value is -1.26. The van der Waals surface area contributed by atoms with Gasteiger partial charge in [-0.3, -0.25) is 4.79 Å². The van der Waals surface area contributed by atoms with Crippen LogP contribution in [0.15, 0.2) is 0 Å². The predicted octanol–water partition coefficient (Wildman–Crippen LogP) is 0.952. The third-order valence-electron chi connectivity index (χ3n) is 2.55. The molecule has 1 unspecified atom stereocenters. The molecule has 2 N–H and O–H groups in total. The van der Waals surface area contributed by atoms with Gasteiger partial charge in [0.2, 0.25) is 5.91 Å². The lowest BCUT2D eigenvalue weighted by molar-refractivity contribution is -0.128. The summed E-state index contributed by atoms with van der Waals surface area (Å²) in [4.78, 5) is 24.9. The van der Waals surface area contributed by atoms with Crippen LogP contribution in [-0.4, -0.2) is 42.5 Å². The van der Waals surface area contributed by atoms with Crippen molar-refractivity contribution in [3.8, 4) is 0 Å². The van der Waals surface area contributed by atoms with E-state index < -0.39 is 0 Å². The molecule has 5 nitrogen and oxygen atoms in total. The number of amides is 3. The molecule has 3 amide bonds. The molecule has 0 aromatic heterocycles. The molecule has 1 atom stereocenters. The topological polar surface area (TPSA) is 61.4 Å². The summed E-state index contributed by atoms with van der Waals surface area (Å²) in [6.45, 7) is 10.1. The lowest BCUT2D eigenvalue weighted by atomic mass is 9.96. The largest absolute Gasteiger partial charge is 0.340 e. The van der Waals surface area contributed by atoms with Crippen LogP contribution in [0, 0.1) is 5.41 Å². The van der Waals surface area contributed by atoms with Crippen molar-refractivity contribution in [1.29, 1.82) is 0 Å². The van der Waals surface area contributed by atoms with Crippen molar-refractivity contribution in [3.05, 3.63) is 0 Å². The van der Waals surface area contributed by atoms with Gasteiger partial charge in [0.25, 0.3) is 0 Å². The van der Waals surface area contributed by atoms with Gasteiger partial charge in [0.15, 0.2) is 0 Å². The molecular weight excluding hydrogens is 218 g/mol. The number of carbonyl (C=O) groups excluding carboxylic acids is 2. The summed E-state index contributed by atoms with van der Waals surface area (Å²) in [5, 5.41) is 5.48. The smallest absolute Gasteiger partial charge is 0.315 e. The van der Waals surface area contributed by atoms with E-state index in [9.17, 15) is 9.59 Å². The zero-order chi connectivity index (χ0) is 13.1. The summed E-state index contributed by atoms with van der Waals surface area (Å²) in [5.41, 5.74) is 0.0935. The Morgan fingerprint density at radius 1 is 1.47 bits per heavy atom. The normalized spacial score (nSPS) is 20.6. The molecule has 98 valence electrons. The SMILES string of the molecule is CCNC(=O)NC1CC(=O)N(CC(C)(C)C)C1. The van der Waals surface area contributed by atoms with Crippen LogP contribution < -0.4 is 10.6 Å². The second-order valence-electron chi connectivity index (χ2n) is 5.74. The van der Waals surface area contributed by atoms with E-state index in [4.69, 9.17) is 0 Å². The van der Waals surface area contributed by atoms with Crippen molar-refractivity contribution >= 4 is 11.9 Å². The maximum absolute atomic E-state index is 11.8. The number of likely N-dealkylation sites (tertiary alicyclic amines) is 1. The Labute approximate surface area is 103 Å². The third kappa shape index (κ3) is 4.63. The van der Waals surface area contributed by atoms with Crippen molar-refractivity contribution < 1.29 is 9.59 Å². The zero-order valence-electron chi connectivity index (χ0n) is 11.2. The first-order valence-corrected chi connectivity index (χ1v) is 6.14. The summed E-state index contributed by atoms with van der Waals surface area (Å²) >= 11 is 0. The Morgan fingerprint density at radius 3 is 2.65 bits per heavy atom. The van der Waals surface area contributed by atoms with Crippen LogP contribution >= 0.6 is 0 Å². The van der Waals surface area contributed by atoms with Crippen LogP contribution in [0.3, 0.4) is 0 Å². The highest BCUT2D eigenvalue weighted by Gasteiger charge is 2.32. The first-order valence-electron chi connectivity index (χ1n) is 6.14. The minimum atomic E-state index is -0.192. The number of nitrogens with one attached hydrogen (secondary N) is 2. The molecule has 1 fully saturated rings. The monoisotopic (exact) mass is 241 g/mol. The van der Waals surface area contributed by atoms with Gasteiger partial charge in [-0.1, -0.05) is 20.8 Å². The van der Waals surface area contributed by atoms with Crippen LogP contribution in [0.5, 0.6) is 0 Å². The molecule has 1 aliphatic heterocycles. The van der Waals surface area contributed by atoms with Gasteiger partial charge in [0.1, 0.15) is 0 Å². The van der Waals surface area contributed by atoms with E-state index >= 15 is 0 Å². The van der Waals surface area contributed by atoms with Gasteiger partial charge in [-0.05, 0) is 12.3 Å². The minimum absolute atomic E-state index is 0.0589. The highest BCUT2D eigenvalue weighted by molar-refractivity contribution is 5.81. The van der Waals surface area contributed by atoms with Crippen molar-refractivity contribution in [2.75, 3.05) is 19.6 Å². The highest BCUT2D eigenvalue weighted by atomic mass is 16.2. The molecule has 0 aromatic carbocycles. The van der Waals surface area contributed by atoms with E-state index in [1.54, 1.807) is 0 Å². The first kappa shape index (κ1) is 13.8. The summed E-state index contributed by atoms with van der Waals surface area (Å²) < 4.78 is 0. The minimum Gasteiger partial charge on any atom is -0.340 e. The fourth-order valence-corrected chi connectivity index (χ4v) is 1.99. The molecule has 1 heterocycles. The second-order valence-corrected chi connectivity index (χ2v) is 5.74. The zero-order valence-corrected chi connectivity index (χ0v) is 11.2. The van der Waals surface area contributed by atoms with Crippen molar-refractivity contribution in [3.63, 3.8) is 0 Å². The molecule has 0 aliphatic carbocycles. The highest BCUT2D eigenvalue weighted by Crippen LogP contribution is 2.20. The van der Waals surface area contributed by atoms with E-state index in [2.05, 4.69) is 31.4 Å². The van der Waals surface area contributed by atoms with Crippen molar-refractivity contribution in [2.24, 2.45) is 5.41 Å². The Kier molecular flexibility index (Phi) is 4.37. The second kappa shape index (κ2) is 5.38. The van der Waals surface area contributed by atoms with Gasteiger partial charge in [0, 0.05) is 26.1 Å². The van der Waals surface area contributed by atoms with Crippen molar-refractivity contribution in [1.82, 2.24) is 15.5 Å². The molecule has 17 heavy (non-hydrogen) atoms. The Bertz CT molecular complexity index is 297. The quantitative estimate of drug-likeness (QED) is 0.773. The molecule has 5 heteroatoms. The molecular formula is C12H23N3O2. The number of hydrogen-bond donors (Lipinski definition) is 2. The standard InChI is InChI=1S/C12H23N3O2/c1-5-13-11(17)14-9-6-10(16)15(7-9)8-12(2,3)4/h9H,5-8H2,1-4H3,(H2,13,14,17). The van der Waals surface area contributed by atoms with Crippen molar-refractivity contribution in [2.45, 2.75) is 40.2 Å². The van der Waals surface area contributed by atoms with Gasteiger partial charge >= 0.3 is 6.03 Å². The Morgan fingerprint density at radius 2 is 2.12 bits per heavy atom. The fourth-order valence-electron chi connectivity index (χ4n) is 1.99. The average molecular weight is 241 g/mol. The van der Waals surface area contributed by atoms with Crippen LogP contribution in [0.2, 0.25) is 0 Å². The van der Waals surface area contributed by atoms with E-state index in [0.717, 1.165) is 6.54 Å². The van der Waals surface area contributed by atoms with Gasteiger partial charge in [-0.15, -0.1) is 0 Å². The van der Waals surface area contributed by atoms with Crippen LogP contribution in [0.1, 0.15) is 34.1 Å². The molecule has 0 saturated carbocycles. The average Bonchev–Trinajstić information content (AvgIpc) is 2.44. The lowest BCUT2D eigenvalue weighted by Crippen LogP contribution is -2.43. The first-order chi connectivity index (χ1) is 7.81. The van der Waals surface area contributed by atoms with E-state index in [1.165, 1.54) is 0 Å². The third-order valence-corrected chi connectivity index (χ3v) is 2.55. The maximum atomic E-state index is 11.8. The predicted molar refractivity (Wildman–Crippen MR) is 66.6 cm³/mol. The summed E-state index contributed by atoms with van der Waals surface area (Å²) in [6.07, 6.45) is 0.410. The molecule has 0 bridgehead atoms.